The summed E-state index contributed by atoms with van der Waals surface area (Å²) >= 11 is 0. The Morgan fingerprint density at radius 1 is 1.37 bits per heavy atom. The first-order valence-electron chi connectivity index (χ1n) is 6.84. The molecule has 3 N–H and O–H groups in total. The Balaban J connectivity index is 2.62. The van der Waals surface area contributed by atoms with Gasteiger partial charge in [-0.1, -0.05) is 31.2 Å². The highest BCUT2D eigenvalue weighted by molar-refractivity contribution is 5.78. The van der Waals surface area contributed by atoms with Crippen molar-refractivity contribution >= 4 is 5.96 Å². The average Bonchev–Trinajstić information content (AvgIpc) is 2.36. The Hall–Kier alpha value is -1.55. The molecule has 1 rings (SSSR count). The van der Waals surface area contributed by atoms with Gasteiger partial charge in [0.1, 0.15) is 0 Å². The number of aliphatic imine (C=N–C) groups is 1. The molecule has 0 radical (unpaired) electrons. The summed E-state index contributed by atoms with van der Waals surface area (Å²) in [5.74, 6) is 0.506. The molecule has 0 heterocycles. The second-order valence-electron chi connectivity index (χ2n) is 5.15. The van der Waals surface area contributed by atoms with Crippen molar-refractivity contribution in [1.82, 2.24) is 10.2 Å². The molecule has 0 aliphatic heterocycles. The Morgan fingerprint density at radius 3 is 2.68 bits per heavy atom. The zero-order valence-corrected chi connectivity index (χ0v) is 12.5. The molecule has 0 bridgehead atoms. The van der Waals surface area contributed by atoms with Crippen LogP contribution in [-0.4, -0.2) is 30.5 Å². The van der Waals surface area contributed by atoms with Gasteiger partial charge in [0.2, 0.25) is 0 Å². The fraction of sp³-hybridized carbons (Fsp3) is 0.533. The second-order valence-corrected chi connectivity index (χ2v) is 5.15. The lowest BCUT2D eigenvalue weighted by molar-refractivity contribution is 0.345. The predicted octanol–water partition coefficient (Wildman–Crippen LogP) is 1.95. The molecular weight excluding hydrogens is 236 g/mol. The Labute approximate surface area is 116 Å². The first-order chi connectivity index (χ1) is 9.01. The van der Waals surface area contributed by atoms with Crippen LogP contribution >= 0.6 is 0 Å². The van der Waals surface area contributed by atoms with E-state index in [1.165, 1.54) is 11.1 Å². The summed E-state index contributed by atoms with van der Waals surface area (Å²) in [5.41, 5.74) is 8.30. The second kappa shape index (κ2) is 7.79. The van der Waals surface area contributed by atoms with Crippen LogP contribution < -0.4 is 11.1 Å². The molecule has 1 aromatic rings. The molecule has 1 aromatic carbocycles. The number of nitrogens with two attached hydrogens (primary N) is 1. The van der Waals surface area contributed by atoms with Crippen LogP contribution in [0.1, 0.15) is 31.9 Å². The monoisotopic (exact) mass is 262 g/mol. The van der Waals surface area contributed by atoms with E-state index < -0.39 is 0 Å². The Kier molecular flexibility index (Phi) is 6.36. The minimum absolute atomic E-state index is 0.313. The first kappa shape index (κ1) is 15.5. The number of nitrogens with zero attached hydrogens (tertiary/aromatic N) is 2. The smallest absolute Gasteiger partial charge is 0.189 e. The van der Waals surface area contributed by atoms with E-state index in [4.69, 9.17) is 5.73 Å². The van der Waals surface area contributed by atoms with Crippen LogP contribution in [0.3, 0.4) is 0 Å². The standard InChI is InChI=1S/C15H26N4/c1-5-19(4)11-14-8-6-7-13(9-14)10-17-15(16)18-12(2)3/h6-9,12H,5,10-11H2,1-4H3,(H3,16,17,18). The first-order valence-corrected chi connectivity index (χ1v) is 6.84. The summed E-state index contributed by atoms with van der Waals surface area (Å²) in [4.78, 5) is 6.62. The van der Waals surface area contributed by atoms with Crippen molar-refractivity contribution in [2.45, 2.75) is 39.9 Å². The van der Waals surface area contributed by atoms with Gasteiger partial charge in [0.15, 0.2) is 5.96 Å². The fourth-order valence-corrected chi connectivity index (χ4v) is 1.77. The molecule has 0 unspecified atom stereocenters. The van der Waals surface area contributed by atoms with Crippen molar-refractivity contribution in [3.8, 4) is 0 Å². The molecule has 0 amide bonds. The number of hydrogen-bond acceptors (Lipinski definition) is 2. The highest BCUT2D eigenvalue weighted by Crippen LogP contribution is 2.08. The molecule has 0 fully saturated rings. The molecule has 4 heteroatoms. The molecule has 0 saturated heterocycles. The zero-order valence-electron chi connectivity index (χ0n) is 12.5. The van der Waals surface area contributed by atoms with E-state index >= 15 is 0 Å². The maximum Gasteiger partial charge on any atom is 0.189 e. The minimum atomic E-state index is 0.313. The molecule has 0 spiro atoms. The lowest BCUT2D eigenvalue weighted by Crippen LogP contribution is -2.36. The lowest BCUT2D eigenvalue weighted by Gasteiger charge is -2.14. The highest BCUT2D eigenvalue weighted by Gasteiger charge is 2.00. The third-order valence-electron chi connectivity index (χ3n) is 2.85. The lowest BCUT2D eigenvalue weighted by atomic mass is 10.1. The molecule has 0 atom stereocenters. The number of hydrogen-bond donors (Lipinski definition) is 2. The van der Waals surface area contributed by atoms with Gasteiger partial charge >= 0.3 is 0 Å². The Bertz CT molecular complexity index is 412. The molecule has 0 saturated carbocycles. The van der Waals surface area contributed by atoms with E-state index in [1.807, 2.05) is 13.8 Å². The zero-order chi connectivity index (χ0) is 14.3. The van der Waals surface area contributed by atoms with Crippen LogP contribution in [0.4, 0.5) is 0 Å². The molecule has 0 aliphatic carbocycles. The van der Waals surface area contributed by atoms with Gasteiger partial charge in [0, 0.05) is 12.6 Å². The van der Waals surface area contributed by atoms with Gasteiger partial charge in [0.25, 0.3) is 0 Å². The highest BCUT2D eigenvalue weighted by atomic mass is 15.1. The van der Waals surface area contributed by atoms with E-state index in [2.05, 4.69) is 53.4 Å². The van der Waals surface area contributed by atoms with Crippen molar-refractivity contribution in [3.05, 3.63) is 35.4 Å². The van der Waals surface area contributed by atoms with Gasteiger partial charge in [-0.25, -0.2) is 4.99 Å². The van der Waals surface area contributed by atoms with Crippen LogP contribution in [-0.2, 0) is 13.1 Å². The van der Waals surface area contributed by atoms with Crippen LogP contribution in [0, 0.1) is 0 Å². The fourth-order valence-electron chi connectivity index (χ4n) is 1.77. The van der Waals surface area contributed by atoms with Crippen molar-refractivity contribution < 1.29 is 0 Å². The number of benzene rings is 1. The van der Waals surface area contributed by atoms with Crippen LogP contribution in [0.5, 0.6) is 0 Å². The molecule has 0 aromatic heterocycles. The van der Waals surface area contributed by atoms with Gasteiger partial charge < -0.3 is 16.0 Å². The van der Waals surface area contributed by atoms with Crippen molar-refractivity contribution in [3.63, 3.8) is 0 Å². The molecule has 4 nitrogen and oxygen atoms in total. The predicted molar refractivity (Wildman–Crippen MR) is 82.0 cm³/mol. The van der Waals surface area contributed by atoms with Gasteiger partial charge in [-0.2, -0.15) is 0 Å². The summed E-state index contributed by atoms with van der Waals surface area (Å²) in [6.45, 7) is 8.89. The number of guanidine groups is 1. The quantitative estimate of drug-likeness (QED) is 0.608. The summed E-state index contributed by atoms with van der Waals surface area (Å²) < 4.78 is 0. The molecule has 19 heavy (non-hydrogen) atoms. The van der Waals surface area contributed by atoms with E-state index in [1.54, 1.807) is 0 Å². The van der Waals surface area contributed by atoms with Gasteiger partial charge in [-0.3, -0.25) is 0 Å². The molecular formula is C15H26N4. The van der Waals surface area contributed by atoms with E-state index in [0.717, 1.165) is 13.1 Å². The number of rotatable bonds is 6. The maximum absolute atomic E-state index is 5.79. The van der Waals surface area contributed by atoms with E-state index in [9.17, 15) is 0 Å². The van der Waals surface area contributed by atoms with Crippen molar-refractivity contribution in [1.29, 1.82) is 0 Å². The summed E-state index contributed by atoms with van der Waals surface area (Å²) in [6.07, 6.45) is 0. The molecule has 0 aliphatic rings. The third kappa shape index (κ3) is 6.25. The minimum Gasteiger partial charge on any atom is -0.370 e. The van der Waals surface area contributed by atoms with Crippen LogP contribution in [0.25, 0.3) is 0 Å². The van der Waals surface area contributed by atoms with E-state index in [0.29, 0.717) is 18.5 Å². The van der Waals surface area contributed by atoms with Crippen LogP contribution in [0.2, 0.25) is 0 Å². The van der Waals surface area contributed by atoms with E-state index in [-0.39, 0.29) is 0 Å². The van der Waals surface area contributed by atoms with Crippen LogP contribution in [0.15, 0.2) is 29.3 Å². The van der Waals surface area contributed by atoms with Crippen molar-refractivity contribution in [2.24, 2.45) is 10.7 Å². The third-order valence-corrected chi connectivity index (χ3v) is 2.85. The summed E-state index contributed by atoms with van der Waals surface area (Å²) in [6, 6.07) is 8.82. The van der Waals surface area contributed by atoms with Gasteiger partial charge in [-0.15, -0.1) is 0 Å². The topological polar surface area (TPSA) is 53.6 Å². The van der Waals surface area contributed by atoms with Gasteiger partial charge in [0.05, 0.1) is 6.54 Å². The summed E-state index contributed by atoms with van der Waals surface area (Å²) in [7, 11) is 2.12. The maximum atomic E-state index is 5.79. The SMILES string of the molecule is CCN(C)Cc1cccc(CN=C(N)NC(C)C)c1. The largest absolute Gasteiger partial charge is 0.370 e. The number of nitrogens with one attached hydrogen (secondary N) is 1. The van der Waals surface area contributed by atoms with Crippen molar-refractivity contribution in [2.75, 3.05) is 13.6 Å². The Morgan fingerprint density at radius 2 is 2.05 bits per heavy atom. The normalized spacial score (nSPS) is 12.2. The molecule has 106 valence electrons. The average molecular weight is 262 g/mol. The summed E-state index contributed by atoms with van der Waals surface area (Å²) in [5, 5.41) is 3.09. The van der Waals surface area contributed by atoms with Gasteiger partial charge in [-0.05, 0) is 38.6 Å².